The minimum atomic E-state index is -0.398. The van der Waals surface area contributed by atoms with Gasteiger partial charge in [-0.15, -0.1) is 0 Å². The van der Waals surface area contributed by atoms with Crippen LogP contribution >= 0.6 is 0 Å². The molecule has 2 atom stereocenters. The van der Waals surface area contributed by atoms with Crippen LogP contribution in [0.2, 0.25) is 0 Å². The Morgan fingerprint density at radius 1 is 1.14 bits per heavy atom. The first-order valence-corrected chi connectivity index (χ1v) is 10.6. The second-order valence-corrected chi connectivity index (χ2v) is 9.10. The van der Waals surface area contributed by atoms with Gasteiger partial charge >= 0.3 is 0 Å². The van der Waals surface area contributed by atoms with Crippen LogP contribution in [0.5, 0.6) is 0 Å². The van der Waals surface area contributed by atoms with Crippen molar-refractivity contribution < 1.29 is 4.79 Å². The van der Waals surface area contributed by atoms with E-state index < -0.39 is 5.41 Å². The second-order valence-electron chi connectivity index (χ2n) is 9.10. The Kier molecular flexibility index (Phi) is 4.22. The third kappa shape index (κ3) is 2.70. The zero-order chi connectivity index (χ0) is 20.1. The largest absolute Gasteiger partial charge is 0.300 e. The molecular weight excluding hydrogens is 356 g/mol. The van der Waals surface area contributed by atoms with Gasteiger partial charge in [-0.1, -0.05) is 67.6 Å². The average molecular weight is 383 g/mol. The molecular formula is C26H26N2O. The van der Waals surface area contributed by atoms with Crippen molar-refractivity contribution in [2.45, 2.75) is 43.1 Å². The van der Waals surface area contributed by atoms with Crippen molar-refractivity contribution in [1.82, 2.24) is 4.90 Å². The van der Waals surface area contributed by atoms with E-state index in [2.05, 4.69) is 54.3 Å². The first-order valence-electron chi connectivity index (χ1n) is 10.6. The maximum absolute atomic E-state index is 10.9. The van der Waals surface area contributed by atoms with Crippen molar-refractivity contribution in [2.75, 3.05) is 13.1 Å². The van der Waals surface area contributed by atoms with E-state index in [4.69, 9.17) is 0 Å². The van der Waals surface area contributed by atoms with Gasteiger partial charge in [-0.25, -0.2) is 0 Å². The number of carbonyl (C=O) groups is 1. The van der Waals surface area contributed by atoms with Crippen LogP contribution in [0.25, 0.3) is 6.08 Å². The number of allylic oxidation sites excluding steroid dienone is 1. The molecule has 2 fully saturated rings. The van der Waals surface area contributed by atoms with Gasteiger partial charge in [0, 0.05) is 23.6 Å². The lowest BCUT2D eigenvalue weighted by Crippen LogP contribution is -2.58. The highest BCUT2D eigenvalue weighted by molar-refractivity contribution is 5.74. The van der Waals surface area contributed by atoms with Crippen molar-refractivity contribution in [3.63, 3.8) is 0 Å². The van der Waals surface area contributed by atoms with Crippen LogP contribution < -0.4 is 0 Å². The standard InChI is InChI=1S/C26H26N2O/c1-19-16-28(13-12-26(19)11-10-21-4-2-3-5-24(21)26)23-14-25(15-23,18-27)22-8-6-20(17-29)7-9-22/h2-11,17,19,23H,12-16H2,1H3/t19-,23?,25?,26?/m0/s1. The molecule has 1 aliphatic heterocycles. The maximum Gasteiger partial charge on any atom is 0.150 e. The Bertz CT molecular complexity index is 1010. The summed E-state index contributed by atoms with van der Waals surface area (Å²) in [6.45, 7) is 4.54. The molecule has 1 heterocycles. The molecule has 1 spiro atoms. The molecule has 3 nitrogen and oxygen atoms in total. The van der Waals surface area contributed by atoms with Crippen LogP contribution in [0.15, 0.2) is 54.6 Å². The molecule has 0 aromatic heterocycles. The molecule has 1 saturated carbocycles. The number of piperidine rings is 1. The van der Waals surface area contributed by atoms with E-state index >= 15 is 0 Å². The fourth-order valence-electron chi connectivity index (χ4n) is 5.83. The number of hydrogen-bond acceptors (Lipinski definition) is 3. The van der Waals surface area contributed by atoms with Crippen LogP contribution in [0, 0.1) is 17.2 Å². The number of aldehydes is 1. The van der Waals surface area contributed by atoms with Gasteiger partial charge in [-0.3, -0.25) is 9.69 Å². The topological polar surface area (TPSA) is 44.1 Å². The molecule has 0 radical (unpaired) electrons. The third-order valence-corrected chi connectivity index (χ3v) is 7.72. The maximum atomic E-state index is 10.9. The fraction of sp³-hybridized carbons (Fsp3) is 0.385. The molecule has 0 amide bonds. The summed E-state index contributed by atoms with van der Waals surface area (Å²) < 4.78 is 0. The number of nitrogens with zero attached hydrogens (tertiary/aromatic N) is 2. The number of fused-ring (bicyclic) bond motifs is 2. The number of nitriles is 1. The molecule has 146 valence electrons. The summed E-state index contributed by atoms with van der Waals surface area (Å²) in [7, 11) is 0. The summed E-state index contributed by atoms with van der Waals surface area (Å²) in [5, 5.41) is 9.91. The van der Waals surface area contributed by atoms with Crippen molar-refractivity contribution >= 4 is 12.4 Å². The highest BCUT2D eigenvalue weighted by Crippen LogP contribution is 2.51. The normalized spacial score (nSPS) is 33.1. The molecule has 2 aromatic carbocycles. The van der Waals surface area contributed by atoms with Gasteiger partial charge in [0.2, 0.25) is 0 Å². The average Bonchev–Trinajstić information content (AvgIpc) is 3.10. The quantitative estimate of drug-likeness (QED) is 0.721. The predicted octanol–water partition coefficient (Wildman–Crippen LogP) is 4.73. The molecule has 2 aliphatic carbocycles. The molecule has 29 heavy (non-hydrogen) atoms. The molecule has 1 unspecified atom stereocenters. The van der Waals surface area contributed by atoms with Crippen molar-refractivity contribution in [1.29, 1.82) is 5.26 Å². The third-order valence-electron chi connectivity index (χ3n) is 7.72. The van der Waals surface area contributed by atoms with E-state index in [-0.39, 0.29) is 5.41 Å². The van der Waals surface area contributed by atoms with E-state index in [0.29, 0.717) is 17.5 Å². The fourth-order valence-corrected chi connectivity index (χ4v) is 5.83. The van der Waals surface area contributed by atoms with Crippen LogP contribution in [0.1, 0.15) is 53.2 Å². The van der Waals surface area contributed by atoms with E-state index in [1.54, 1.807) is 0 Å². The van der Waals surface area contributed by atoms with Gasteiger partial charge in [0.25, 0.3) is 0 Å². The molecule has 5 rings (SSSR count). The SMILES string of the molecule is C[C@H]1CN(C2CC(C#N)(c3ccc(C=O)cc3)C2)CCC12C=Cc1ccccc12. The zero-order valence-corrected chi connectivity index (χ0v) is 16.8. The van der Waals surface area contributed by atoms with Crippen molar-refractivity contribution in [3.05, 3.63) is 76.9 Å². The lowest BCUT2D eigenvalue weighted by Gasteiger charge is -2.53. The van der Waals surface area contributed by atoms with E-state index in [0.717, 1.165) is 44.2 Å². The highest BCUT2D eigenvalue weighted by Gasteiger charge is 2.51. The van der Waals surface area contributed by atoms with Gasteiger partial charge in [0.15, 0.2) is 0 Å². The molecule has 1 saturated heterocycles. The zero-order valence-electron chi connectivity index (χ0n) is 16.8. The Labute approximate surface area is 172 Å². The minimum absolute atomic E-state index is 0.174. The molecule has 3 heteroatoms. The van der Waals surface area contributed by atoms with Gasteiger partial charge < -0.3 is 0 Å². The van der Waals surface area contributed by atoms with Gasteiger partial charge in [0.05, 0.1) is 11.5 Å². The monoisotopic (exact) mass is 382 g/mol. The molecule has 2 aromatic rings. The van der Waals surface area contributed by atoms with Gasteiger partial charge in [0.1, 0.15) is 6.29 Å². The van der Waals surface area contributed by atoms with Crippen molar-refractivity contribution in [3.8, 4) is 6.07 Å². The van der Waals surface area contributed by atoms with Gasteiger partial charge in [-0.05, 0) is 48.4 Å². The smallest absolute Gasteiger partial charge is 0.150 e. The number of benzene rings is 2. The minimum Gasteiger partial charge on any atom is -0.300 e. The summed E-state index contributed by atoms with van der Waals surface area (Å²) in [6, 6.07) is 19.4. The summed E-state index contributed by atoms with van der Waals surface area (Å²) in [5.74, 6) is 0.556. The number of carbonyl (C=O) groups excluding carboxylic acids is 1. The lowest BCUT2D eigenvalue weighted by molar-refractivity contribution is 0.0257. The van der Waals surface area contributed by atoms with Crippen molar-refractivity contribution in [2.24, 2.45) is 5.92 Å². The Balaban J connectivity index is 1.30. The van der Waals surface area contributed by atoms with E-state index in [1.165, 1.54) is 11.1 Å². The molecule has 3 aliphatic rings. The Morgan fingerprint density at radius 3 is 2.59 bits per heavy atom. The second kappa shape index (κ2) is 6.68. The van der Waals surface area contributed by atoms with E-state index in [1.807, 2.05) is 24.3 Å². The number of likely N-dealkylation sites (tertiary alicyclic amines) is 1. The van der Waals surface area contributed by atoms with Crippen LogP contribution in [-0.2, 0) is 10.8 Å². The van der Waals surface area contributed by atoms with E-state index in [9.17, 15) is 10.1 Å². The number of rotatable bonds is 3. The van der Waals surface area contributed by atoms with Gasteiger partial charge in [-0.2, -0.15) is 5.26 Å². The Hall–Kier alpha value is -2.70. The first-order chi connectivity index (χ1) is 14.1. The molecule has 0 N–H and O–H groups in total. The first kappa shape index (κ1) is 18.3. The number of hydrogen-bond donors (Lipinski definition) is 0. The Morgan fingerprint density at radius 2 is 1.90 bits per heavy atom. The van der Waals surface area contributed by atoms with Crippen LogP contribution in [0.3, 0.4) is 0 Å². The summed E-state index contributed by atoms with van der Waals surface area (Å²) in [6.07, 6.45) is 8.51. The summed E-state index contributed by atoms with van der Waals surface area (Å²) in [5.41, 5.74) is 4.35. The van der Waals surface area contributed by atoms with Crippen LogP contribution in [-0.4, -0.2) is 30.3 Å². The lowest BCUT2D eigenvalue weighted by atomic mass is 9.60. The highest BCUT2D eigenvalue weighted by atomic mass is 16.1. The summed E-state index contributed by atoms with van der Waals surface area (Å²) in [4.78, 5) is 13.5. The van der Waals surface area contributed by atoms with Crippen LogP contribution in [0.4, 0.5) is 0 Å². The molecule has 0 bridgehead atoms. The predicted molar refractivity (Wildman–Crippen MR) is 115 cm³/mol. The summed E-state index contributed by atoms with van der Waals surface area (Å²) >= 11 is 0.